The lowest BCUT2D eigenvalue weighted by Gasteiger charge is -2.06. The third kappa shape index (κ3) is 2.64. The summed E-state index contributed by atoms with van der Waals surface area (Å²) in [7, 11) is 0. The molecule has 2 rings (SSSR count). The first-order valence-corrected chi connectivity index (χ1v) is 6.57. The van der Waals surface area contributed by atoms with E-state index < -0.39 is 0 Å². The Morgan fingerprint density at radius 3 is 2.88 bits per heavy atom. The summed E-state index contributed by atoms with van der Waals surface area (Å²) < 4.78 is 0.873. The maximum Gasteiger partial charge on any atom is 0.256 e. The van der Waals surface area contributed by atoms with Gasteiger partial charge in [0.1, 0.15) is 0 Å². The molecule has 1 heterocycles. The molecule has 0 radical (unpaired) electrons. The maximum absolute atomic E-state index is 11.8. The van der Waals surface area contributed by atoms with Gasteiger partial charge in [0.05, 0.1) is 16.3 Å². The van der Waals surface area contributed by atoms with E-state index >= 15 is 0 Å². The highest BCUT2D eigenvalue weighted by Gasteiger charge is 2.08. The first-order valence-electron chi connectivity index (χ1n) is 4.45. The summed E-state index contributed by atoms with van der Waals surface area (Å²) in [6.45, 7) is 0. The van der Waals surface area contributed by atoms with Gasteiger partial charge >= 0.3 is 0 Å². The molecule has 0 fully saturated rings. The minimum atomic E-state index is -0.152. The van der Waals surface area contributed by atoms with Crippen LogP contribution in [0, 0.1) is 0 Å². The van der Waals surface area contributed by atoms with Gasteiger partial charge in [-0.3, -0.25) is 4.79 Å². The SMILES string of the molecule is O=C(Nc1cc(Br)ccc1Cl)c1ccsc1. The number of halogens is 2. The third-order valence-electron chi connectivity index (χ3n) is 1.96. The quantitative estimate of drug-likeness (QED) is 0.873. The van der Waals surface area contributed by atoms with Gasteiger partial charge in [0.25, 0.3) is 5.91 Å². The van der Waals surface area contributed by atoms with Gasteiger partial charge in [-0.2, -0.15) is 11.3 Å². The molecule has 0 aliphatic carbocycles. The molecule has 0 aliphatic heterocycles. The zero-order valence-corrected chi connectivity index (χ0v) is 11.2. The van der Waals surface area contributed by atoms with Crippen molar-refractivity contribution in [2.75, 3.05) is 5.32 Å². The van der Waals surface area contributed by atoms with E-state index in [1.807, 2.05) is 11.4 Å². The molecule has 5 heteroatoms. The van der Waals surface area contributed by atoms with Crippen LogP contribution in [0.5, 0.6) is 0 Å². The molecule has 1 aromatic heterocycles. The number of benzene rings is 1. The fraction of sp³-hybridized carbons (Fsp3) is 0. The Kier molecular flexibility index (Phi) is 3.63. The van der Waals surface area contributed by atoms with E-state index in [0.717, 1.165) is 4.47 Å². The molecular formula is C11H7BrClNOS. The number of amides is 1. The average molecular weight is 317 g/mol. The van der Waals surface area contributed by atoms with Crippen molar-refractivity contribution in [2.45, 2.75) is 0 Å². The Labute approximate surface area is 110 Å². The summed E-state index contributed by atoms with van der Waals surface area (Å²) >= 11 is 10.8. The predicted octanol–water partition coefficient (Wildman–Crippen LogP) is 4.42. The third-order valence-corrected chi connectivity index (χ3v) is 3.47. The largest absolute Gasteiger partial charge is 0.321 e. The molecule has 0 bridgehead atoms. The lowest BCUT2D eigenvalue weighted by atomic mass is 10.3. The van der Waals surface area contributed by atoms with Crippen molar-refractivity contribution >= 4 is 50.5 Å². The van der Waals surface area contributed by atoms with Gasteiger partial charge in [0.15, 0.2) is 0 Å². The fourth-order valence-electron chi connectivity index (χ4n) is 1.18. The van der Waals surface area contributed by atoms with Crippen LogP contribution in [-0.4, -0.2) is 5.91 Å². The molecule has 1 N–H and O–H groups in total. The lowest BCUT2D eigenvalue weighted by molar-refractivity contribution is 0.102. The van der Waals surface area contributed by atoms with E-state index in [2.05, 4.69) is 21.2 Å². The molecular weight excluding hydrogens is 310 g/mol. The van der Waals surface area contributed by atoms with Crippen LogP contribution in [0.25, 0.3) is 0 Å². The van der Waals surface area contributed by atoms with E-state index in [4.69, 9.17) is 11.6 Å². The van der Waals surface area contributed by atoms with Crippen molar-refractivity contribution in [3.05, 3.63) is 50.1 Å². The molecule has 0 aliphatic rings. The minimum Gasteiger partial charge on any atom is -0.321 e. The molecule has 2 nitrogen and oxygen atoms in total. The van der Waals surface area contributed by atoms with Crippen molar-refractivity contribution < 1.29 is 4.79 Å². The molecule has 0 saturated heterocycles. The van der Waals surface area contributed by atoms with Crippen LogP contribution >= 0.6 is 38.9 Å². The van der Waals surface area contributed by atoms with Crippen LogP contribution in [0.2, 0.25) is 5.02 Å². The van der Waals surface area contributed by atoms with Crippen molar-refractivity contribution in [3.63, 3.8) is 0 Å². The number of rotatable bonds is 2. The second kappa shape index (κ2) is 4.99. The summed E-state index contributed by atoms with van der Waals surface area (Å²) in [5.74, 6) is -0.152. The Morgan fingerprint density at radius 2 is 2.19 bits per heavy atom. The number of carbonyl (C=O) groups is 1. The Hall–Kier alpha value is -0.840. The van der Waals surface area contributed by atoms with Gasteiger partial charge in [0, 0.05) is 9.85 Å². The van der Waals surface area contributed by atoms with E-state index in [-0.39, 0.29) is 5.91 Å². The molecule has 2 aromatic rings. The summed E-state index contributed by atoms with van der Waals surface area (Å²) in [5.41, 5.74) is 1.24. The van der Waals surface area contributed by atoms with Gasteiger partial charge < -0.3 is 5.32 Å². The van der Waals surface area contributed by atoms with Crippen LogP contribution in [0.3, 0.4) is 0 Å². The first kappa shape index (κ1) is 11.6. The molecule has 0 saturated carbocycles. The normalized spacial score (nSPS) is 10.1. The summed E-state index contributed by atoms with van der Waals surface area (Å²) in [6, 6.07) is 7.09. The van der Waals surface area contributed by atoms with Gasteiger partial charge in [-0.15, -0.1) is 0 Å². The van der Waals surface area contributed by atoms with Gasteiger partial charge in [-0.1, -0.05) is 27.5 Å². The van der Waals surface area contributed by atoms with Crippen molar-refractivity contribution in [2.24, 2.45) is 0 Å². The fourth-order valence-corrected chi connectivity index (χ4v) is 2.34. The maximum atomic E-state index is 11.8. The van der Waals surface area contributed by atoms with Crippen molar-refractivity contribution in [3.8, 4) is 0 Å². The number of thiophene rings is 1. The predicted molar refractivity (Wildman–Crippen MR) is 71.4 cm³/mol. The summed E-state index contributed by atoms with van der Waals surface area (Å²) in [6.07, 6.45) is 0. The first-order chi connectivity index (χ1) is 7.66. The Morgan fingerprint density at radius 1 is 1.38 bits per heavy atom. The molecule has 0 spiro atoms. The van der Waals surface area contributed by atoms with Gasteiger partial charge in [0.2, 0.25) is 0 Å². The molecule has 1 amide bonds. The monoisotopic (exact) mass is 315 g/mol. The highest BCUT2D eigenvalue weighted by molar-refractivity contribution is 9.10. The number of hydrogen-bond donors (Lipinski definition) is 1. The second-order valence-corrected chi connectivity index (χ2v) is 5.19. The van der Waals surface area contributed by atoms with E-state index in [9.17, 15) is 4.79 Å². The standard InChI is InChI=1S/C11H7BrClNOS/c12-8-1-2-9(13)10(5-8)14-11(15)7-3-4-16-6-7/h1-6H,(H,14,15). The van der Waals surface area contributed by atoms with Crippen LogP contribution in [0.4, 0.5) is 5.69 Å². The van der Waals surface area contributed by atoms with E-state index in [1.165, 1.54) is 11.3 Å². The summed E-state index contributed by atoms with van der Waals surface area (Å²) in [4.78, 5) is 11.8. The molecule has 0 unspecified atom stereocenters. The Balaban J connectivity index is 2.21. The number of nitrogens with one attached hydrogen (secondary N) is 1. The number of carbonyl (C=O) groups excluding carboxylic acids is 1. The lowest BCUT2D eigenvalue weighted by Crippen LogP contribution is -2.11. The molecule has 0 atom stereocenters. The smallest absolute Gasteiger partial charge is 0.256 e. The van der Waals surface area contributed by atoms with Gasteiger partial charge in [-0.25, -0.2) is 0 Å². The van der Waals surface area contributed by atoms with Crippen LogP contribution in [-0.2, 0) is 0 Å². The topological polar surface area (TPSA) is 29.1 Å². The van der Waals surface area contributed by atoms with E-state index in [0.29, 0.717) is 16.3 Å². The number of hydrogen-bond acceptors (Lipinski definition) is 2. The summed E-state index contributed by atoms with van der Waals surface area (Å²) in [5, 5.41) is 6.93. The minimum absolute atomic E-state index is 0.152. The van der Waals surface area contributed by atoms with E-state index in [1.54, 1.807) is 23.6 Å². The zero-order chi connectivity index (χ0) is 11.5. The molecule has 16 heavy (non-hydrogen) atoms. The molecule has 1 aromatic carbocycles. The van der Waals surface area contributed by atoms with Crippen LogP contribution in [0.15, 0.2) is 39.5 Å². The van der Waals surface area contributed by atoms with Crippen molar-refractivity contribution in [1.29, 1.82) is 0 Å². The zero-order valence-electron chi connectivity index (χ0n) is 8.04. The number of anilines is 1. The van der Waals surface area contributed by atoms with Crippen LogP contribution < -0.4 is 5.32 Å². The average Bonchev–Trinajstić information content (AvgIpc) is 2.76. The van der Waals surface area contributed by atoms with Crippen LogP contribution in [0.1, 0.15) is 10.4 Å². The Bertz CT molecular complexity index is 513. The molecule has 82 valence electrons. The van der Waals surface area contributed by atoms with Gasteiger partial charge in [-0.05, 0) is 29.6 Å². The highest BCUT2D eigenvalue weighted by Crippen LogP contribution is 2.26. The van der Waals surface area contributed by atoms with Crippen molar-refractivity contribution in [1.82, 2.24) is 0 Å². The second-order valence-electron chi connectivity index (χ2n) is 3.09. The highest BCUT2D eigenvalue weighted by atomic mass is 79.9.